The van der Waals surface area contributed by atoms with Crippen LogP contribution >= 0.6 is 35.3 Å². The molecule has 0 aromatic carbocycles. The SMILES string of the molecule is CC(C)[CH2][Sn+3].CCCCCCCCSCC(=O)[O-].CCCCCCCCSCC(=O)[O-].CCCCCCCCSCC(=O)[O-]. The van der Waals surface area contributed by atoms with Crippen LogP contribution in [0, 0.1) is 5.92 Å². The van der Waals surface area contributed by atoms with Crippen molar-refractivity contribution in [1.82, 2.24) is 0 Å². The Morgan fingerprint density at radius 1 is 0.477 bits per heavy atom. The molecule has 0 aliphatic heterocycles. The number of carboxylic acid groups (broad SMARTS) is 3. The largest absolute Gasteiger partial charge is 0.549 e. The molecule has 0 radical (unpaired) electrons. The van der Waals surface area contributed by atoms with Crippen LogP contribution in [0.3, 0.4) is 0 Å². The number of rotatable bonds is 28. The Kier molecular flexibility index (Phi) is 55.4. The molecule has 10 heteroatoms. The first-order chi connectivity index (χ1) is 21.1. The summed E-state index contributed by atoms with van der Waals surface area (Å²) in [6.45, 7) is 11.1. The van der Waals surface area contributed by atoms with Crippen molar-refractivity contribution in [1.29, 1.82) is 0 Å². The fourth-order valence-corrected chi connectivity index (χ4v) is 5.58. The second-order valence-electron chi connectivity index (χ2n) is 11.2. The number of carbonyl (C=O) groups excluding carboxylic acids is 3. The number of unbranched alkanes of at least 4 members (excludes halogenated alkanes) is 15. The number of hydrogen-bond acceptors (Lipinski definition) is 9. The van der Waals surface area contributed by atoms with Gasteiger partial charge in [-0.25, -0.2) is 0 Å². The van der Waals surface area contributed by atoms with Gasteiger partial charge in [-0.2, -0.15) is 35.3 Å². The molecule has 0 unspecified atom stereocenters. The van der Waals surface area contributed by atoms with Crippen molar-refractivity contribution in [2.75, 3.05) is 34.5 Å². The maximum absolute atomic E-state index is 10.0. The zero-order chi connectivity index (χ0) is 34.1. The average Bonchev–Trinajstić information content (AvgIpc) is 2.98. The summed E-state index contributed by atoms with van der Waals surface area (Å²) >= 11 is 6.05. The van der Waals surface area contributed by atoms with Crippen molar-refractivity contribution < 1.29 is 29.7 Å². The molecule has 0 amide bonds. The van der Waals surface area contributed by atoms with Crippen molar-refractivity contribution in [3.8, 4) is 0 Å². The van der Waals surface area contributed by atoms with Gasteiger partial charge >= 0.3 is 46.7 Å². The Bertz CT molecular complexity index is 512. The number of aliphatic carboxylic acids is 3. The molecule has 0 heterocycles. The predicted octanol–water partition coefficient (Wildman–Crippen LogP) is 6.72. The number of carbonyl (C=O) groups is 3. The molecule has 0 aliphatic carbocycles. The van der Waals surface area contributed by atoms with Crippen LogP contribution < -0.4 is 15.3 Å². The zero-order valence-electron chi connectivity index (χ0n) is 28.9. The molecule has 0 fully saturated rings. The van der Waals surface area contributed by atoms with E-state index >= 15 is 0 Å². The van der Waals surface area contributed by atoms with Crippen LogP contribution in [0.1, 0.15) is 150 Å². The van der Waals surface area contributed by atoms with Crippen LogP contribution in [-0.4, -0.2) is 74.9 Å². The van der Waals surface area contributed by atoms with E-state index in [2.05, 4.69) is 34.6 Å². The van der Waals surface area contributed by atoms with Crippen LogP contribution in [0.5, 0.6) is 0 Å². The molecule has 0 aromatic rings. The van der Waals surface area contributed by atoms with E-state index < -0.39 is 17.9 Å². The monoisotopic (exact) mass is 786 g/mol. The first-order valence-electron chi connectivity index (χ1n) is 17.1. The Morgan fingerprint density at radius 3 is 0.864 bits per heavy atom. The molecule has 0 aromatic heterocycles. The summed E-state index contributed by atoms with van der Waals surface area (Å²) < 4.78 is 1.40. The van der Waals surface area contributed by atoms with E-state index in [0.717, 1.165) is 42.4 Å². The molecule has 0 bridgehead atoms. The molecule has 44 heavy (non-hydrogen) atoms. The van der Waals surface area contributed by atoms with Gasteiger partial charge in [0, 0.05) is 17.3 Å². The fourth-order valence-electron chi connectivity index (χ4n) is 3.42. The summed E-state index contributed by atoms with van der Waals surface area (Å²) in [5.41, 5.74) is 0. The van der Waals surface area contributed by atoms with E-state index in [1.54, 1.807) is 22.5 Å². The first kappa shape index (κ1) is 51.1. The van der Waals surface area contributed by atoms with Crippen LogP contribution in [0.25, 0.3) is 0 Å². The fraction of sp³-hybridized carbons (Fsp3) is 0.912. The third kappa shape index (κ3) is 69.1. The molecular formula is C34H66O6S3Sn. The van der Waals surface area contributed by atoms with Gasteiger partial charge in [0.05, 0.1) is 17.9 Å². The summed E-state index contributed by atoms with van der Waals surface area (Å²) in [6.07, 6.45) is 22.8. The molecule has 0 saturated heterocycles. The molecule has 6 nitrogen and oxygen atoms in total. The third-order valence-electron chi connectivity index (χ3n) is 5.99. The molecule has 0 rings (SSSR count). The van der Waals surface area contributed by atoms with Gasteiger partial charge in [0.2, 0.25) is 0 Å². The maximum Gasteiger partial charge on any atom is 0.0513 e. The van der Waals surface area contributed by atoms with Crippen LogP contribution in [-0.2, 0) is 14.4 Å². The maximum atomic E-state index is 10.0. The summed E-state index contributed by atoms with van der Waals surface area (Å²) in [7, 11) is 0. The zero-order valence-corrected chi connectivity index (χ0v) is 34.2. The quantitative estimate of drug-likeness (QED) is 0.0629. The van der Waals surface area contributed by atoms with Gasteiger partial charge in [0.25, 0.3) is 0 Å². The number of hydrogen-bond donors (Lipinski definition) is 0. The van der Waals surface area contributed by atoms with Gasteiger partial charge in [0.15, 0.2) is 0 Å². The van der Waals surface area contributed by atoms with Crippen molar-refractivity contribution in [2.24, 2.45) is 5.92 Å². The topological polar surface area (TPSA) is 120 Å². The molecular weight excluding hydrogens is 719 g/mol. The molecule has 0 aliphatic rings. The first-order valence-corrected chi connectivity index (χ1v) is 22.5. The minimum atomic E-state index is -0.948. The Labute approximate surface area is 298 Å². The summed E-state index contributed by atoms with van der Waals surface area (Å²) in [5.74, 6) is 1.40. The van der Waals surface area contributed by atoms with E-state index in [-0.39, 0.29) is 17.3 Å². The van der Waals surface area contributed by atoms with Gasteiger partial charge in [-0.1, -0.05) is 117 Å². The van der Waals surface area contributed by atoms with Gasteiger partial charge in [-0.15, -0.1) is 0 Å². The van der Waals surface area contributed by atoms with Gasteiger partial charge < -0.3 is 29.7 Å². The average molecular weight is 786 g/mol. The molecule has 0 N–H and O–H groups in total. The van der Waals surface area contributed by atoms with Gasteiger partial charge in [-0.05, 0) is 36.5 Å². The minimum Gasteiger partial charge on any atom is -0.549 e. The van der Waals surface area contributed by atoms with Crippen molar-refractivity contribution in [2.45, 2.75) is 155 Å². The summed E-state index contributed by atoms with van der Waals surface area (Å²) in [4.78, 5) is 30.1. The Morgan fingerprint density at radius 2 is 0.682 bits per heavy atom. The van der Waals surface area contributed by atoms with Gasteiger partial charge in [0.1, 0.15) is 0 Å². The normalized spacial score (nSPS) is 10.2. The van der Waals surface area contributed by atoms with E-state index in [9.17, 15) is 29.7 Å². The summed E-state index contributed by atoms with van der Waals surface area (Å²) in [6, 6.07) is 0. The van der Waals surface area contributed by atoms with Crippen LogP contribution in [0.2, 0.25) is 4.44 Å². The van der Waals surface area contributed by atoms with Gasteiger partial charge in [-0.3, -0.25) is 0 Å². The van der Waals surface area contributed by atoms with E-state index in [0.29, 0.717) is 0 Å². The molecule has 0 saturated carbocycles. The second kappa shape index (κ2) is 47.7. The smallest absolute Gasteiger partial charge is 0.0513 e. The molecule has 0 atom stereocenters. The predicted molar refractivity (Wildman–Crippen MR) is 193 cm³/mol. The number of carboxylic acids is 3. The Balaban J connectivity index is -0.000000253. The van der Waals surface area contributed by atoms with E-state index in [4.69, 9.17) is 0 Å². The molecule has 260 valence electrons. The number of thioether (sulfide) groups is 3. The van der Waals surface area contributed by atoms with Crippen LogP contribution in [0.15, 0.2) is 0 Å². The van der Waals surface area contributed by atoms with Crippen LogP contribution in [0.4, 0.5) is 0 Å². The minimum absolute atomic E-state index is 0.148. The summed E-state index contributed by atoms with van der Waals surface area (Å²) in [5, 5.41) is 30.1. The van der Waals surface area contributed by atoms with Crippen molar-refractivity contribution >= 4 is 75.7 Å². The van der Waals surface area contributed by atoms with Crippen molar-refractivity contribution in [3.05, 3.63) is 0 Å². The second-order valence-corrected chi connectivity index (χ2v) is 15.7. The third-order valence-corrected chi connectivity index (χ3v) is 11.4. The Hall–Kier alpha value is 0.259. The molecule has 0 spiro atoms. The van der Waals surface area contributed by atoms with E-state index in [1.165, 1.54) is 136 Å². The van der Waals surface area contributed by atoms with E-state index in [1.807, 2.05) is 0 Å². The van der Waals surface area contributed by atoms with Crippen molar-refractivity contribution in [3.63, 3.8) is 0 Å². The standard InChI is InChI=1S/3C10H20O2S.C4H9.Sn/c3*1-2-3-4-5-6-7-8-13-9-10(11)12;1-4(2)3;/h3*2-9H2,1H3,(H,11,12);4H,1H2,2-3H3;/q;;;;+3/p-3.